The summed E-state index contributed by atoms with van der Waals surface area (Å²) in [7, 11) is 3.92. The summed E-state index contributed by atoms with van der Waals surface area (Å²) in [5, 5.41) is 1.05. The molecule has 0 radical (unpaired) electrons. The molecular weight excluding hydrogens is 176 g/mol. The molecule has 0 saturated heterocycles. The van der Waals surface area contributed by atoms with Gasteiger partial charge in [0.05, 0.1) is 11.2 Å². The summed E-state index contributed by atoms with van der Waals surface area (Å²) < 4.78 is 0. The standard InChI is InChI=1S/C11H12N2O/c1-13(2)9-5-3-4-8-6-7-10(14)12-11(8)9/h3-7H,1-2H3,(H,12,14). The second-order valence-corrected chi connectivity index (χ2v) is 3.46. The fraction of sp³-hybridized carbons (Fsp3) is 0.182. The number of anilines is 1. The van der Waals surface area contributed by atoms with Crippen LogP contribution in [0.4, 0.5) is 5.69 Å². The minimum Gasteiger partial charge on any atom is -0.376 e. The highest BCUT2D eigenvalue weighted by Crippen LogP contribution is 2.21. The Kier molecular flexibility index (Phi) is 2.00. The number of hydrogen-bond acceptors (Lipinski definition) is 2. The fourth-order valence-corrected chi connectivity index (χ4v) is 1.54. The number of hydrogen-bond donors (Lipinski definition) is 1. The van der Waals surface area contributed by atoms with E-state index in [0.29, 0.717) is 0 Å². The average Bonchev–Trinajstić information content (AvgIpc) is 2.16. The van der Waals surface area contributed by atoms with Crippen LogP contribution >= 0.6 is 0 Å². The smallest absolute Gasteiger partial charge is 0.248 e. The van der Waals surface area contributed by atoms with Crippen LogP contribution in [0, 0.1) is 0 Å². The second kappa shape index (κ2) is 3.18. The van der Waals surface area contributed by atoms with Crippen molar-refractivity contribution in [1.82, 2.24) is 4.98 Å². The molecule has 0 amide bonds. The molecule has 72 valence electrons. The lowest BCUT2D eigenvalue weighted by molar-refractivity contribution is 1.13. The number of aromatic amines is 1. The van der Waals surface area contributed by atoms with Gasteiger partial charge in [0, 0.05) is 25.5 Å². The Hall–Kier alpha value is -1.77. The average molecular weight is 188 g/mol. The third-order valence-electron chi connectivity index (χ3n) is 2.22. The van der Waals surface area contributed by atoms with Gasteiger partial charge in [-0.2, -0.15) is 0 Å². The summed E-state index contributed by atoms with van der Waals surface area (Å²) in [6.45, 7) is 0. The minimum absolute atomic E-state index is 0.0631. The largest absolute Gasteiger partial charge is 0.376 e. The van der Waals surface area contributed by atoms with Crippen molar-refractivity contribution >= 4 is 16.6 Å². The monoisotopic (exact) mass is 188 g/mol. The molecule has 1 heterocycles. The van der Waals surface area contributed by atoms with Crippen molar-refractivity contribution < 1.29 is 0 Å². The molecular formula is C11H12N2O. The van der Waals surface area contributed by atoms with E-state index in [1.165, 1.54) is 0 Å². The molecule has 1 aromatic heterocycles. The topological polar surface area (TPSA) is 36.1 Å². The first-order valence-electron chi connectivity index (χ1n) is 4.48. The third-order valence-corrected chi connectivity index (χ3v) is 2.22. The van der Waals surface area contributed by atoms with Crippen molar-refractivity contribution in [2.24, 2.45) is 0 Å². The van der Waals surface area contributed by atoms with Gasteiger partial charge in [-0.15, -0.1) is 0 Å². The lowest BCUT2D eigenvalue weighted by Gasteiger charge is -2.14. The SMILES string of the molecule is CN(C)c1cccc2ccc(=O)[nH]c12. The highest BCUT2D eigenvalue weighted by Gasteiger charge is 2.02. The van der Waals surface area contributed by atoms with Gasteiger partial charge in [-0.1, -0.05) is 12.1 Å². The molecule has 2 rings (SSSR count). The van der Waals surface area contributed by atoms with Gasteiger partial charge < -0.3 is 9.88 Å². The van der Waals surface area contributed by atoms with Crippen LogP contribution in [-0.4, -0.2) is 19.1 Å². The van der Waals surface area contributed by atoms with E-state index in [4.69, 9.17) is 0 Å². The van der Waals surface area contributed by atoms with Crippen LogP contribution in [0.2, 0.25) is 0 Å². The molecule has 0 unspecified atom stereocenters. The van der Waals surface area contributed by atoms with Crippen LogP contribution in [0.1, 0.15) is 0 Å². The van der Waals surface area contributed by atoms with E-state index >= 15 is 0 Å². The lowest BCUT2D eigenvalue weighted by atomic mass is 10.2. The van der Waals surface area contributed by atoms with Crippen LogP contribution < -0.4 is 10.5 Å². The van der Waals surface area contributed by atoms with Crippen molar-refractivity contribution in [2.45, 2.75) is 0 Å². The molecule has 3 nitrogen and oxygen atoms in total. The predicted octanol–water partition coefficient (Wildman–Crippen LogP) is 1.59. The predicted molar refractivity (Wildman–Crippen MR) is 58.9 cm³/mol. The van der Waals surface area contributed by atoms with E-state index < -0.39 is 0 Å². The summed E-state index contributed by atoms with van der Waals surface area (Å²) in [6.07, 6.45) is 0. The summed E-state index contributed by atoms with van der Waals surface area (Å²) in [4.78, 5) is 16.0. The molecule has 3 heteroatoms. The number of rotatable bonds is 1. The molecule has 2 aromatic rings. The van der Waals surface area contributed by atoms with Gasteiger partial charge in [-0.3, -0.25) is 4.79 Å². The first-order chi connectivity index (χ1) is 6.68. The van der Waals surface area contributed by atoms with Gasteiger partial charge in [-0.05, 0) is 12.1 Å². The Morgan fingerprint density at radius 2 is 1.93 bits per heavy atom. The first kappa shape index (κ1) is 8.81. The molecule has 1 aromatic carbocycles. The third kappa shape index (κ3) is 1.37. The Bertz CT molecular complexity index is 514. The zero-order valence-electron chi connectivity index (χ0n) is 8.24. The van der Waals surface area contributed by atoms with Crippen LogP contribution in [0.15, 0.2) is 35.1 Å². The molecule has 0 aliphatic rings. The zero-order valence-corrected chi connectivity index (χ0v) is 8.24. The molecule has 0 atom stereocenters. The molecule has 1 N–H and O–H groups in total. The number of H-pyrrole nitrogens is 1. The maximum absolute atomic E-state index is 11.2. The van der Waals surface area contributed by atoms with Crippen LogP contribution in [0.3, 0.4) is 0 Å². The van der Waals surface area contributed by atoms with Crippen molar-refractivity contribution in [3.05, 3.63) is 40.7 Å². The number of nitrogens with one attached hydrogen (secondary N) is 1. The summed E-state index contributed by atoms with van der Waals surface area (Å²) in [5.74, 6) is 0. The number of aromatic nitrogens is 1. The minimum atomic E-state index is -0.0631. The quantitative estimate of drug-likeness (QED) is 0.737. The zero-order chi connectivity index (χ0) is 10.1. The number of pyridine rings is 1. The molecule has 0 aliphatic heterocycles. The molecule has 14 heavy (non-hydrogen) atoms. The summed E-state index contributed by atoms with van der Waals surface area (Å²) in [6, 6.07) is 9.33. The molecule has 0 bridgehead atoms. The second-order valence-electron chi connectivity index (χ2n) is 3.46. The normalized spacial score (nSPS) is 10.4. The Balaban J connectivity index is 2.84. The van der Waals surface area contributed by atoms with Gasteiger partial charge in [0.2, 0.25) is 5.56 Å². The maximum Gasteiger partial charge on any atom is 0.248 e. The maximum atomic E-state index is 11.2. The van der Waals surface area contributed by atoms with Crippen molar-refractivity contribution in [3.63, 3.8) is 0 Å². The van der Waals surface area contributed by atoms with E-state index in [1.54, 1.807) is 6.07 Å². The fourth-order valence-electron chi connectivity index (χ4n) is 1.54. The van der Waals surface area contributed by atoms with Crippen LogP contribution in [0.5, 0.6) is 0 Å². The van der Waals surface area contributed by atoms with Gasteiger partial charge >= 0.3 is 0 Å². The van der Waals surface area contributed by atoms with Gasteiger partial charge in [0.1, 0.15) is 0 Å². The molecule has 0 fully saturated rings. The number of para-hydroxylation sites is 1. The molecule has 0 aliphatic carbocycles. The van der Waals surface area contributed by atoms with Crippen molar-refractivity contribution in [2.75, 3.05) is 19.0 Å². The van der Waals surface area contributed by atoms with Crippen LogP contribution in [-0.2, 0) is 0 Å². The van der Waals surface area contributed by atoms with Crippen molar-refractivity contribution in [3.8, 4) is 0 Å². The summed E-state index contributed by atoms with van der Waals surface area (Å²) >= 11 is 0. The molecule has 0 spiro atoms. The van der Waals surface area contributed by atoms with Crippen LogP contribution in [0.25, 0.3) is 10.9 Å². The van der Waals surface area contributed by atoms with Gasteiger partial charge in [-0.25, -0.2) is 0 Å². The van der Waals surface area contributed by atoms with Crippen molar-refractivity contribution in [1.29, 1.82) is 0 Å². The molecule has 0 saturated carbocycles. The number of benzene rings is 1. The number of fused-ring (bicyclic) bond motifs is 1. The van der Waals surface area contributed by atoms with E-state index in [2.05, 4.69) is 4.98 Å². The van der Waals surface area contributed by atoms with E-state index in [1.807, 2.05) is 43.3 Å². The number of nitrogens with zero attached hydrogens (tertiary/aromatic N) is 1. The lowest BCUT2D eigenvalue weighted by Crippen LogP contribution is -2.11. The van der Waals surface area contributed by atoms with Gasteiger partial charge in [0.15, 0.2) is 0 Å². The van der Waals surface area contributed by atoms with E-state index in [9.17, 15) is 4.79 Å². The van der Waals surface area contributed by atoms with E-state index in [-0.39, 0.29) is 5.56 Å². The van der Waals surface area contributed by atoms with E-state index in [0.717, 1.165) is 16.6 Å². The Morgan fingerprint density at radius 3 is 2.64 bits per heavy atom. The Labute approximate surface area is 82.0 Å². The highest BCUT2D eigenvalue weighted by atomic mass is 16.1. The first-order valence-corrected chi connectivity index (χ1v) is 4.48. The van der Waals surface area contributed by atoms with Gasteiger partial charge in [0.25, 0.3) is 0 Å². The highest BCUT2D eigenvalue weighted by molar-refractivity contribution is 5.90. The summed E-state index contributed by atoms with van der Waals surface area (Å²) in [5.41, 5.74) is 1.86. The Morgan fingerprint density at radius 1 is 1.14 bits per heavy atom.